The van der Waals surface area contributed by atoms with Gasteiger partial charge in [0, 0.05) is 0 Å². The first-order chi connectivity index (χ1) is 10.4. The fourth-order valence-corrected chi connectivity index (χ4v) is 3.14. The molecule has 1 aliphatic carbocycles. The maximum atomic E-state index is 12.0. The number of ether oxygens (including phenoxy) is 1. The van der Waals surface area contributed by atoms with Crippen molar-refractivity contribution in [3.8, 4) is 5.75 Å². The molecule has 2 aromatic carbocycles. The third kappa shape index (κ3) is 2.88. The summed E-state index contributed by atoms with van der Waals surface area (Å²) < 4.78 is 4.73. The Kier molecular flexibility index (Phi) is 3.96. The summed E-state index contributed by atoms with van der Waals surface area (Å²) in [5, 5.41) is 5.12. The Morgan fingerprint density at radius 1 is 1.23 bits per heavy atom. The predicted molar refractivity (Wildman–Crippen MR) is 89.6 cm³/mol. The summed E-state index contributed by atoms with van der Waals surface area (Å²) in [6.45, 7) is 2.59. The minimum atomic E-state index is -0.934. The normalized spacial score (nSPS) is 22.3. The number of carbonyl (C=O) groups is 1. The largest absolute Gasteiger partial charge is 0.492 e. The number of halogens is 2. The van der Waals surface area contributed by atoms with Gasteiger partial charge in [-0.2, -0.15) is 0 Å². The molecule has 1 amide bonds. The molecule has 0 heterocycles. The summed E-state index contributed by atoms with van der Waals surface area (Å²) in [7, 11) is 0. The zero-order valence-corrected chi connectivity index (χ0v) is 13.7. The standard InChI is InChI=1S/C17H17Cl2NO2/c1-16(11-17(16,18)19)15(21)20-8-9-22-14-7-6-12-4-2-3-5-13(12)10-14/h2-7,10H,8-9,11H2,1H3,(H,20,21). The van der Waals surface area contributed by atoms with Gasteiger partial charge in [-0.15, -0.1) is 23.2 Å². The van der Waals surface area contributed by atoms with Crippen molar-refractivity contribution < 1.29 is 9.53 Å². The number of benzene rings is 2. The van der Waals surface area contributed by atoms with E-state index in [2.05, 4.69) is 11.4 Å². The minimum Gasteiger partial charge on any atom is -0.492 e. The smallest absolute Gasteiger partial charge is 0.229 e. The van der Waals surface area contributed by atoms with Crippen molar-refractivity contribution in [2.24, 2.45) is 5.41 Å². The third-order valence-electron chi connectivity index (χ3n) is 4.14. The highest BCUT2D eigenvalue weighted by Gasteiger charge is 2.67. The predicted octanol–water partition coefficient (Wildman–Crippen LogP) is 3.92. The molecule has 1 atom stereocenters. The molecule has 1 saturated carbocycles. The van der Waals surface area contributed by atoms with Crippen LogP contribution in [0.1, 0.15) is 13.3 Å². The zero-order chi connectivity index (χ0) is 15.8. The molecule has 5 heteroatoms. The quantitative estimate of drug-likeness (QED) is 0.663. The van der Waals surface area contributed by atoms with Gasteiger partial charge in [-0.1, -0.05) is 30.3 Å². The van der Waals surface area contributed by atoms with Gasteiger partial charge in [-0.05, 0) is 36.2 Å². The van der Waals surface area contributed by atoms with Gasteiger partial charge < -0.3 is 10.1 Å². The molecule has 22 heavy (non-hydrogen) atoms. The highest BCUT2D eigenvalue weighted by atomic mass is 35.5. The van der Waals surface area contributed by atoms with Crippen molar-refractivity contribution in [1.29, 1.82) is 0 Å². The van der Waals surface area contributed by atoms with Crippen LogP contribution in [0.25, 0.3) is 10.8 Å². The van der Waals surface area contributed by atoms with Crippen LogP contribution in [-0.2, 0) is 4.79 Å². The van der Waals surface area contributed by atoms with E-state index in [1.807, 2.05) is 36.4 Å². The molecular formula is C17H17Cl2NO2. The van der Waals surface area contributed by atoms with E-state index in [0.717, 1.165) is 11.1 Å². The SMILES string of the molecule is CC1(C(=O)NCCOc2ccc3ccccc3c2)CC1(Cl)Cl. The van der Waals surface area contributed by atoms with Crippen LogP contribution >= 0.6 is 23.2 Å². The second kappa shape index (κ2) is 5.64. The van der Waals surface area contributed by atoms with Crippen molar-refractivity contribution in [2.45, 2.75) is 17.7 Å². The molecule has 0 aliphatic heterocycles. The summed E-state index contributed by atoms with van der Waals surface area (Å²) in [5.74, 6) is 0.661. The molecule has 116 valence electrons. The molecule has 0 bridgehead atoms. The first kappa shape index (κ1) is 15.4. The Balaban J connectivity index is 1.49. The summed E-state index contributed by atoms with van der Waals surface area (Å²) in [6, 6.07) is 14.0. The number of amides is 1. The fraction of sp³-hybridized carbons (Fsp3) is 0.353. The molecule has 3 rings (SSSR count). The average molecular weight is 338 g/mol. The molecule has 1 fully saturated rings. The lowest BCUT2D eigenvalue weighted by molar-refractivity contribution is -0.125. The first-order valence-corrected chi connectivity index (χ1v) is 7.96. The second-order valence-corrected chi connectivity index (χ2v) is 7.31. The van der Waals surface area contributed by atoms with E-state index < -0.39 is 9.75 Å². The molecule has 1 N–H and O–H groups in total. The van der Waals surface area contributed by atoms with Gasteiger partial charge in [-0.3, -0.25) is 4.79 Å². The lowest BCUT2D eigenvalue weighted by atomic mass is 10.1. The monoisotopic (exact) mass is 337 g/mol. The molecule has 1 aliphatic rings. The summed E-state index contributed by atoms with van der Waals surface area (Å²) in [6.07, 6.45) is 0.487. The maximum absolute atomic E-state index is 12.0. The maximum Gasteiger partial charge on any atom is 0.229 e. The van der Waals surface area contributed by atoms with Crippen LogP contribution in [0.3, 0.4) is 0 Å². The number of fused-ring (bicyclic) bond motifs is 1. The van der Waals surface area contributed by atoms with Gasteiger partial charge in [0.2, 0.25) is 5.91 Å². The molecule has 0 aromatic heterocycles. The molecule has 0 saturated heterocycles. The van der Waals surface area contributed by atoms with Gasteiger partial charge in [0.1, 0.15) is 16.7 Å². The van der Waals surface area contributed by atoms with Crippen LogP contribution in [0.15, 0.2) is 42.5 Å². The van der Waals surface area contributed by atoms with E-state index >= 15 is 0 Å². The minimum absolute atomic E-state index is 0.125. The number of carbonyl (C=O) groups excluding carboxylic acids is 1. The lowest BCUT2D eigenvalue weighted by Crippen LogP contribution is -2.35. The highest BCUT2D eigenvalue weighted by molar-refractivity contribution is 6.53. The Bertz CT molecular complexity index is 717. The topological polar surface area (TPSA) is 38.3 Å². The van der Waals surface area contributed by atoms with Crippen LogP contribution in [0.4, 0.5) is 0 Å². The number of alkyl halides is 2. The molecule has 3 nitrogen and oxygen atoms in total. The zero-order valence-electron chi connectivity index (χ0n) is 12.2. The fourth-order valence-electron chi connectivity index (χ4n) is 2.43. The molecular weight excluding hydrogens is 321 g/mol. The highest BCUT2D eigenvalue weighted by Crippen LogP contribution is 2.63. The molecule has 0 spiro atoms. The van der Waals surface area contributed by atoms with Crippen LogP contribution < -0.4 is 10.1 Å². The van der Waals surface area contributed by atoms with Gasteiger partial charge in [0.05, 0.1) is 12.0 Å². The van der Waals surface area contributed by atoms with Crippen molar-refractivity contribution in [2.75, 3.05) is 13.2 Å². The number of rotatable bonds is 5. The van der Waals surface area contributed by atoms with E-state index in [1.54, 1.807) is 6.92 Å². The van der Waals surface area contributed by atoms with Gasteiger partial charge in [-0.25, -0.2) is 0 Å². The van der Waals surface area contributed by atoms with E-state index in [9.17, 15) is 4.79 Å². The van der Waals surface area contributed by atoms with E-state index in [4.69, 9.17) is 27.9 Å². The number of hydrogen-bond donors (Lipinski definition) is 1. The van der Waals surface area contributed by atoms with Crippen LogP contribution in [0.2, 0.25) is 0 Å². The van der Waals surface area contributed by atoms with E-state index in [0.29, 0.717) is 19.6 Å². The summed E-state index contributed by atoms with van der Waals surface area (Å²) in [5.41, 5.74) is -0.681. The van der Waals surface area contributed by atoms with E-state index in [1.165, 1.54) is 5.39 Å². The van der Waals surface area contributed by atoms with Gasteiger partial charge in [0.15, 0.2) is 0 Å². The van der Waals surface area contributed by atoms with Gasteiger partial charge in [0.25, 0.3) is 0 Å². The third-order valence-corrected chi connectivity index (χ3v) is 5.24. The Labute approximate surface area is 139 Å². The number of nitrogens with one attached hydrogen (secondary N) is 1. The van der Waals surface area contributed by atoms with Crippen molar-refractivity contribution in [1.82, 2.24) is 5.32 Å². The van der Waals surface area contributed by atoms with Crippen molar-refractivity contribution in [3.05, 3.63) is 42.5 Å². The molecule has 0 radical (unpaired) electrons. The Morgan fingerprint density at radius 3 is 2.59 bits per heavy atom. The second-order valence-electron chi connectivity index (χ2n) is 5.83. The summed E-state index contributed by atoms with van der Waals surface area (Å²) in [4.78, 5) is 12.0. The van der Waals surface area contributed by atoms with Crippen LogP contribution in [0, 0.1) is 5.41 Å². The van der Waals surface area contributed by atoms with Crippen LogP contribution in [-0.4, -0.2) is 23.4 Å². The lowest BCUT2D eigenvalue weighted by Gasteiger charge is -2.13. The molecule has 2 aromatic rings. The van der Waals surface area contributed by atoms with Crippen molar-refractivity contribution >= 4 is 39.9 Å². The average Bonchev–Trinajstić information content (AvgIpc) is 3.03. The summed E-state index contributed by atoms with van der Waals surface area (Å²) >= 11 is 12.0. The first-order valence-electron chi connectivity index (χ1n) is 7.20. The van der Waals surface area contributed by atoms with E-state index in [-0.39, 0.29) is 5.91 Å². The van der Waals surface area contributed by atoms with Crippen molar-refractivity contribution in [3.63, 3.8) is 0 Å². The molecule has 1 unspecified atom stereocenters. The van der Waals surface area contributed by atoms with Gasteiger partial charge >= 0.3 is 0 Å². The Morgan fingerprint density at radius 2 is 1.91 bits per heavy atom. The number of hydrogen-bond acceptors (Lipinski definition) is 2. The van der Waals surface area contributed by atoms with Crippen LogP contribution in [0.5, 0.6) is 5.75 Å². The Hall–Kier alpha value is -1.45.